The van der Waals surface area contributed by atoms with Crippen LogP contribution in [0.2, 0.25) is 0 Å². The van der Waals surface area contributed by atoms with Crippen molar-refractivity contribution >= 4 is 24.1 Å². The lowest BCUT2D eigenvalue weighted by atomic mass is 10.3. The summed E-state index contributed by atoms with van der Waals surface area (Å²) in [5, 5.41) is 0. The van der Waals surface area contributed by atoms with Gasteiger partial charge in [-0.2, -0.15) is 0 Å². The summed E-state index contributed by atoms with van der Waals surface area (Å²) >= 11 is 0. The Kier molecular flexibility index (Phi) is 8.25. The molecule has 0 saturated carbocycles. The van der Waals surface area contributed by atoms with Gasteiger partial charge in [-0.15, -0.1) is 0 Å². The summed E-state index contributed by atoms with van der Waals surface area (Å²) in [6, 6.07) is 3.56. The average Bonchev–Trinajstić information content (AvgIpc) is 2.91. The first-order chi connectivity index (χ1) is 16.7. The van der Waals surface area contributed by atoms with Crippen molar-refractivity contribution in [3.05, 3.63) is 36.9 Å². The standard InChI is InChI=1S/C22H30N8O4/c31-21(29-13-9-27(10-14-29)19-23-5-3-6-24-19)33-17-1-2-18-34-22(32)30-15-11-28(12-16-30)20-25-7-4-8-26-20/h3-8H,1-2,9-18H2. The molecule has 12 nitrogen and oxygen atoms in total. The lowest BCUT2D eigenvalue weighted by Gasteiger charge is -2.34. The molecular formula is C22H30N8O4. The Morgan fingerprint density at radius 2 is 0.971 bits per heavy atom. The maximum atomic E-state index is 12.3. The zero-order valence-corrected chi connectivity index (χ0v) is 19.2. The van der Waals surface area contributed by atoms with Crippen LogP contribution in [0.5, 0.6) is 0 Å². The van der Waals surface area contributed by atoms with Crippen molar-refractivity contribution < 1.29 is 19.1 Å². The summed E-state index contributed by atoms with van der Waals surface area (Å²) in [6.45, 7) is 5.54. The summed E-state index contributed by atoms with van der Waals surface area (Å²) in [5.41, 5.74) is 0. The van der Waals surface area contributed by atoms with Crippen LogP contribution in [0.15, 0.2) is 36.9 Å². The first kappa shape index (κ1) is 23.5. The summed E-state index contributed by atoms with van der Waals surface area (Å²) < 4.78 is 10.7. The number of hydrogen-bond acceptors (Lipinski definition) is 10. The number of unbranched alkanes of at least 4 members (excludes halogenated alkanes) is 1. The molecule has 4 heterocycles. The molecule has 2 amide bonds. The van der Waals surface area contributed by atoms with Crippen LogP contribution in [-0.2, 0) is 9.47 Å². The van der Waals surface area contributed by atoms with Crippen LogP contribution >= 0.6 is 0 Å². The van der Waals surface area contributed by atoms with Crippen molar-refractivity contribution in [3.8, 4) is 0 Å². The van der Waals surface area contributed by atoms with E-state index in [2.05, 4.69) is 19.9 Å². The fourth-order valence-corrected chi connectivity index (χ4v) is 3.79. The van der Waals surface area contributed by atoms with Gasteiger partial charge in [-0.05, 0) is 25.0 Å². The van der Waals surface area contributed by atoms with Gasteiger partial charge in [0.05, 0.1) is 13.2 Å². The van der Waals surface area contributed by atoms with Gasteiger partial charge in [-0.25, -0.2) is 29.5 Å². The molecule has 0 radical (unpaired) electrons. The lowest BCUT2D eigenvalue weighted by Crippen LogP contribution is -2.49. The van der Waals surface area contributed by atoms with Crippen LogP contribution in [0.4, 0.5) is 21.5 Å². The highest BCUT2D eigenvalue weighted by atomic mass is 16.6. The van der Waals surface area contributed by atoms with E-state index in [1.165, 1.54) is 0 Å². The third kappa shape index (κ3) is 6.42. The van der Waals surface area contributed by atoms with E-state index in [1.807, 2.05) is 9.80 Å². The number of carbonyl (C=O) groups is 2. The number of carbonyl (C=O) groups excluding carboxylic acids is 2. The second-order valence-corrected chi connectivity index (χ2v) is 7.98. The number of hydrogen-bond donors (Lipinski definition) is 0. The van der Waals surface area contributed by atoms with Crippen molar-refractivity contribution in [2.45, 2.75) is 12.8 Å². The van der Waals surface area contributed by atoms with Gasteiger partial charge >= 0.3 is 12.2 Å². The second kappa shape index (κ2) is 12.0. The molecule has 0 aliphatic carbocycles. The highest BCUT2D eigenvalue weighted by Crippen LogP contribution is 2.12. The molecule has 2 aromatic heterocycles. The van der Waals surface area contributed by atoms with E-state index in [0.29, 0.717) is 90.3 Å². The molecule has 2 aliphatic heterocycles. The van der Waals surface area contributed by atoms with E-state index in [4.69, 9.17) is 9.47 Å². The highest BCUT2D eigenvalue weighted by molar-refractivity contribution is 5.68. The van der Waals surface area contributed by atoms with Crippen LogP contribution in [0.1, 0.15) is 12.8 Å². The van der Waals surface area contributed by atoms with E-state index in [9.17, 15) is 9.59 Å². The number of amides is 2. The maximum Gasteiger partial charge on any atom is 0.409 e. The smallest absolute Gasteiger partial charge is 0.409 e. The Morgan fingerprint density at radius 1 is 0.618 bits per heavy atom. The molecule has 2 fully saturated rings. The Balaban J connectivity index is 1.04. The quantitative estimate of drug-likeness (QED) is 0.548. The Morgan fingerprint density at radius 3 is 1.32 bits per heavy atom. The van der Waals surface area contributed by atoms with Gasteiger partial charge in [-0.1, -0.05) is 0 Å². The summed E-state index contributed by atoms with van der Waals surface area (Å²) in [7, 11) is 0. The first-order valence-corrected chi connectivity index (χ1v) is 11.6. The Labute approximate surface area is 198 Å². The molecule has 12 heteroatoms. The molecule has 34 heavy (non-hydrogen) atoms. The van der Waals surface area contributed by atoms with Crippen LogP contribution in [-0.4, -0.2) is 107 Å². The van der Waals surface area contributed by atoms with E-state index in [-0.39, 0.29) is 12.2 Å². The minimum Gasteiger partial charge on any atom is -0.449 e. The summed E-state index contributed by atoms with van der Waals surface area (Å²) in [5.74, 6) is 1.36. The first-order valence-electron chi connectivity index (χ1n) is 11.6. The third-order valence-electron chi connectivity index (χ3n) is 5.74. The lowest BCUT2D eigenvalue weighted by molar-refractivity contribution is 0.0861. The molecule has 2 saturated heterocycles. The van der Waals surface area contributed by atoms with Gasteiger partial charge in [0.1, 0.15) is 0 Å². The Bertz CT molecular complexity index is 828. The molecule has 0 aromatic carbocycles. The largest absolute Gasteiger partial charge is 0.449 e. The number of piperazine rings is 2. The summed E-state index contributed by atoms with van der Waals surface area (Å²) in [4.78, 5) is 49.0. The third-order valence-corrected chi connectivity index (χ3v) is 5.74. The van der Waals surface area contributed by atoms with Crippen LogP contribution in [0.25, 0.3) is 0 Å². The Hall–Kier alpha value is -3.70. The topological polar surface area (TPSA) is 117 Å². The average molecular weight is 471 g/mol. The predicted octanol–water partition coefficient (Wildman–Crippen LogP) is 1.26. The van der Waals surface area contributed by atoms with Crippen LogP contribution in [0, 0.1) is 0 Å². The number of anilines is 2. The summed E-state index contributed by atoms with van der Waals surface area (Å²) in [6.07, 6.45) is 7.48. The van der Waals surface area contributed by atoms with E-state index < -0.39 is 0 Å². The van der Waals surface area contributed by atoms with Crippen molar-refractivity contribution in [3.63, 3.8) is 0 Å². The van der Waals surface area contributed by atoms with Gasteiger partial charge in [0.25, 0.3) is 0 Å². The molecule has 2 aromatic rings. The van der Waals surface area contributed by atoms with E-state index >= 15 is 0 Å². The zero-order valence-electron chi connectivity index (χ0n) is 19.2. The molecule has 0 N–H and O–H groups in total. The SMILES string of the molecule is O=C(OCCCCOC(=O)N1CCN(c2ncccn2)CC1)N1CCN(c2ncccn2)CC1. The van der Waals surface area contributed by atoms with Gasteiger partial charge in [0, 0.05) is 77.1 Å². The van der Waals surface area contributed by atoms with Crippen molar-refractivity contribution in [1.29, 1.82) is 0 Å². The van der Waals surface area contributed by atoms with Crippen molar-refractivity contribution in [2.24, 2.45) is 0 Å². The van der Waals surface area contributed by atoms with Crippen molar-refractivity contribution in [1.82, 2.24) is 29.7 Å². The maximum absolute atomic E-state index is 12.3. The number of aromatic nitrogens is 4. The van der Waals surface area contributed by atoms with Gasteiger partial charge in [0.2, 0.25) is 11.9 Å². The van der Waals surface area contributed by atoms with E-state index in [1.54, 1.807) is 46.7 Å². The molecule has 0 spiro atoms. The number of rotatable bonds is 7. The van der Waals surface area contributed by atoms with Gasteiger partial charge in [0.15, 0.2) is 0 Å². The molecular weight excluding hydrogens is 440 g/mol. The highest BCUT2D eigenvalue weighted by Gasteiger charge is 2.24. The van der Waals surface area contributed by atoms with Crippen LogP contribution < -0.4 is 9.80 Å². The fourth-order valence-electron chi connectivity index (χ4n) is 3.79. The molecule has 4 rings (SSSR count). The number of nitrogens with zero attached hydrogens (tertiary/aromatic N) is 8. The second-order valence-electron chi connectivity index (χ2n) is 7.98. The zero-order chi connectivity index (χ0) is 23.6. The van der Waals surface area contributed by atoms with Crippen LogP contribution in [0.3, 0.4) is 0 Å². The predicted molar refractivity (Wildman–Crippen MR) is 124 cm³/mol. The monoisotopic (exact) mass is 470 g/mol. The number of ether oxygens (including phenoxy) is 2. The van der Waals surface area contributed by atoms with Gasteiger partial charge in [-0.3, -0.25) is 0 Å². The molecule has 0 unspecified atom stereocenters. The molecule has 182 valence electrons. The van der Waals surface area contributed by atoms with Gasteiger partial charge < -0.3 is 29.1 Å². The van der Waals surface area contributed by atoms with E-state index in [0.717, 1.165) is 0 Å². The fraction of sp³-hybridized carbons (Fsp3) is 0.545. The van der Waals surface area contributed by atoms with Crippen molar-refractivity contribution in [2.75, 3.05) is 75.4 Å². The normalized spacial score (nSPS) is 16.4. The molecule has 0 atom stereocenters. The molecule has 0 bridgehead atoms. The minimum atomic E-state index is -0.314. The minimum absolute atomic E-state index is 0.300. The molecule has 2 aliphatic rings.